The fraction of sp³-hybridized carbons (Fsp3) is 0.516. The lowest BCUT2D eigenvalue weighted by molar-refractivity contribution is 0.0410. The van der Waals surface area contributed by atoms with Crippen molar-refractivity contribution in [1.29, 1.82) is 5.26 Å². The fourth-order valence-electron chi connectivity index (χ4n) is 7.06. The van der Waals surface area contributed by atoms with E-state index in [1.165, 1.54) is 63.4 Å². The van der Waals surface area contributed by atoms with Crippen molar-refractivity contribution in [2.75, 3.05) is 11.6 Å². The van der Waals surface area contributed by atoms with Crippen molar-refractivity contribution in [3.05, 3.63) is 63.7 Å². The molecule has 0 bridgehead atoms. The number of halogens is 1. The number of rotatable bonds is 5. The van der Waals surface area contributed by atoms with Gasteiger partial charge in [-0.05, 0) is 86.3 Å². The molecule has 0 aromatic heterocycles. The highest BCUT2D eigenvalue weighted by molar-refractivity contribution is 6.32. The number of aryl methyl sites for hydroxylation is 1. The van der Waals surface area contributed by atoms with Crippen LogP contribution in [0.1, 0.15) is 91.3 Å². The number of hydrazone groups is 1. The number of ether oxygens (including phenoxy) is 1. The van der Waals surface area contributed by atoms with E-state index in [1.807, 2.05) is 24.3 Å². The summed E-state index contributed by atoms with van der Waals surface area (Å²) >= 11 is 6.43. The summed E-state index contributed by atoms with van der Waals surface area (Å²) in [6, 6.07) is 14.1. The van der Waals surface area contributed by atoms with Crippen molar-refractivity contribution in [1.82, 2.24) is 0 Å². The summed E-state index contributed by atoms with van der Waals surface area (Å²) in [5.41, 5.74) is 5.56. The zero-order chi connectivity index (χ0) is 25.4. The van der Waals surface area contributed by atoms with Gasteiger partial charge in [-0.25, -0.2) is 4.79 Å². The Morgan fingerprint density at radius 1 is 1.03 bits per heavy atom. The molecule has 0 radical (unpaired) electrons. The first-order valence-corrected chi connectivity index (χ1v) is 14.4. The van der Waals surface area contributed by atoms with Gasteiger partial charge in [0.2, 0.25) is 0 Å². The van der Waals surface area contributed by atoms with Gasteiger partial charge in [0.1, 0.15) is 6.07 Å². The Morgan fingerprint density at radius 2 is 1.81 bits per heavy atom. The van der Waals surface area contributed by atoms with E-state index >= 15 is 0 Å². The first-order chi connectivity index (χ1) is 18.1. The van der Waals surface area contributed by atoms with Gasteiger partial charge in [0.25, 0.3) is 0 Å². The molecule has 2 aromatic rings. The third-order valence-electron chi connectivity index (χ3n) is 9.00. The second-order valence-electron chi connectivity index (χ2n) is 11.3. The molecule has 3 aliphatic carbocycles. The van der Waals surface area contributed by atoms with E-state index in [1.54, 1.807) is 6.07 Å². The Kier molecular flexibility index (Phi) is 6.95. The topological polar surface area (TPSA) is 65.7 Å². The summed E-state index contributed by atoms with van der Waals surface area (Å²) in [5, 5.41) is 17.2. The number of nitriles is 1. The number of benzene rings is 2. The van der Waals surface area contributed by atoms with E-state index < -0.39 is 0 Å². The smallest absolute Gasteiger partial charge is 0.338 e. The number of esters is 1. The first-order valence-electron chi connectivity index (χ1n) is 14.0. The summed E-state index contributed by atoms with van der Waals surface area (Å²) in [4.78, 5) is 12.9. The molecule has 2 aromatic carbocycles. The number of anilines is 1. The third kappa shape index (κ3) is 4.77. The average molecular weight is 516 g/mol. The molecular formula is C31H34ClN3O2. The minimum Gasteiger partial charge on any atom is -0.462 e. The Labute approximate surface area is 224 Å². The molecule has 0 unspecified atom stereocenters. The van der Waals surface area contributed by atoms with E-state index in [-0.39, 0.29) is 5.97 Å². The molecule has 0 saturated heterocycles. The Balaban J connectivity index is 1.27. The van der Waals surface area contributed by atoms with Crippen LogP contribution in [0.3, 0.4) is 0 Å². The second-order valence-corrected chi connectivity index (χ2v) is 11.7. The zero-order valence-corrected chi connectivity index (χ0v) is 22.1. The summed E-state index contributed by atoms with van der Waals surface area (Å²) in [7, 11) is 0. The monoisotopic (exact) mass is 515 g/mol. The van der Waals surface area contributed by atoms with Gasteiger partial charge in [0.05, 0.1) is 40.2 Å². The highest BCUT2D eigenvalue weighted by Crippen LogP contribution is 2.45. The predicted octanol–water partition coefficient (Wildman–Crippen LogP) is 7.29. The van der Waals surface area contributed by atoms with E-state index in [9.17, 15) is 10.1 Å². The Hall–Kier alpha value is -2.84. The van der Waals surface area contributed by atoms with Crippen LogP contribution in [0.15, 0.2) is 41.5 Å². The van der Waals surface area contributed by atoms with E-state index in [0.29, 0.717) is 46.6 Å². The van der Waals surface area contributed by atoms with Crippen molar-refractivity contribution in [3.8, 4) is 6.07 Å². The number of hydrogen-bond acceptors (Lipinski definition) is 5. The first kappa shape index (κ1) is 24.5. The molecule has 0 amide bonds. The SMILES string of the molecule is N#Cc1ccc(N2N=C3c4ccc(C(=O)OCC5CCCCC5)cc4CC[C@@H]3[C@@H]2C2CCCC2)cc1Cl. The minimum atomic E-state index is -0.207. The predicted molar refractivity (Wildman–Crippen MR) is 146 cm³/mol. The van der Waals surface area contributed by atoms with Crippen LogP contribution < -0.4 is 5.01 Å². The molecule has 6 rings (SSSR count). The summed E-state index contributed by atoms with van der Waals surface area (Å²) in [6.07, 6.45) is 13.1. The largest absolute Gasteiger partial charge is 0.462 e. The third-order valence-corrected chi connectivity index (χ3v) is 9.31. The van der Waals surface area contributed by atoms with Crippen LogP contribution >= 0.6 is 11.6 Å². The lowest BCUT2D eigenvalue weighted by Gasteiger charge is -2.34. The lowest BCUT2D eigenvalue weighted by atomic mass is 9.75. The maximum atomic E-state index is 12.9. The molecule has 2 atom stereocenters. The van der Waals surface area contributed by atoms with Crippen molar-refractivity contribution >= 4 is 29.0 Å². The minimum absolute atomic E-state index is 0.207. The molecule has 1 heterocycles. The van der Waals surface area contributed by atoms with E-state index in [4.69, 9.17) is 21.4 Å². The van der Waals surface area contributed by atoms with Gasteiger partial charge in [-0.1, -0.05) is 49.8 Å². The molecule has 4 aliphatic rings. The van der Waals surface area contributed by atoms with Gasteiger partial charge in [0.15, 0.2) is 0 Å². The van der Waals surface area contributed by atoms with Crippen LogP contribution in [0.25, 0.3) is 0 Å². The van der Waals surface area contributed by atoms with Gasteiger partial charge >= 0.3 is 5.97 Å². The van der Waals surface area contributed by atoms with E-state index in [2.05, 4.69) is 17.1 Å². The summed E-state index contributed by atoms with van der Waals surface area (Å²) in [6.45, 7) is 0.538. The Bertz CT molecular complexity index is 1250. The number of nitrogens with zero attached hydrogens (tertiary/aromatic N) is 3. The van der Waals surface area contributed by atoms with Crippen molar-refractivity contribution < 1.29 is 9.53 Å². The molecule has 1 aliphatic heterocycles. The van der Waals surface area contributed by atoms with Crippen LogP contribution in [-0.2, 0) is 11.2 Å². The molecule has 5 nitrogen and oxygen atoms in total. The van der Waals surface area contributed by atoms with Crippen molar-refractivity contribution in [3.63, 3.8) is 0 Å². The van der Waals surface area contributed by atoms with Crippen molar-refractivity contribution in [2.45, 2.75) is 76.7 Å². The number of fused-ring (bicyclic) bond motifs is 3. The molecule has 6 heteroatoms. The van der Waals surface area contributed by atoms with Gasteiger partial charge in [-0.3, -0.25) is 5.01 Å². The molecule has 0 N–H and O–H groups in total. The number of hydrogen-bond donors (Lipinski definition) is 0. The number of carbonyl (C=O) groups is 1. The summed E-state index contributed by atoms with van der Waals surface area (Å²) < 4.78 is 5.72. The van der Waals surface area contributed by atoms with Gasteiger partial charge < -0.3 is 4.74 Å². The normalized spacial score (nSPS) is 23.8. The van der Waals surface area contributed by atoms with Gasteiger partial charge in [-0.2, -0.15) is 10.4 Å². The van der Waals surface area contributed by atoms with Crippen LogP contribution in [0.2, 0.25) is 5.02 Å². The summed E-state index contributed by atoms with van der Waals surface area (Å²) in [5.74, 6) is 1.25. The number of carbonyl (C=O) groups excluding carboxylic acids is 1. The standard InChI is InChI=1S/C31H34ClN3O2/c32-28-17-25(13-10-24(28)18-33)35-30(21-8-4-5-9-21)27-15-11-22-16-23(12-14-26(22)29(27)34-35)31(36)37-19-20-6-2-1-3-7-20/h10,12-14,16-17,20-21,27,30H,1-9,11,15,19H2/t27-,30-/m0/s1. The maximum Gasteiger partial charge on any atom is 0.338 e. The van der Waals surface area contributed by atoms with Gasteiger partial charge in [-0.15, -0.1) is 0 Å². The molecule has 2 saturated carbocycles. The molecule has 2 fully saturated rings. The van der Waals surface area contributed by atoms with Crippen molar-refractivity contribution in [2.24, 2.45) is 22.9 Å². The molecule has 0 spiro atoms. The Morgan fingerprint density at radius 3 is 2.57 bits per heavy atom. The van der Waals surface area contributed by atoms with Crippen LogP contribution in [0.5, 0.6) is 0 Å². The molecular weight excluding hydrogens is 482 g/mol. The van der Waals surface area contributed by atoms with Crippen LogP contribution in [-0.4, -0.2) is 24.3 Å². The highest BCUT2D eigenvalue weighted by Gasteiger charge is 2.45. The second kappa shape index (κ2) is 10.5. The van der Waals surface area contributed by atoms with Crippen LogP contribution in [0, 0.1) is 29.1 Å². The van der Waals surface area contributed by atoms with Gasteiger partial charge in [0, 0.05) is 11.5 Å². The van der Waals surface area contributed by atoms with Crippen LogP contribution in [0.4, 0.5) is 5.69 Å². The quantitative estimate of drug-likeness (QED) is 0.392. The molecule has 192 valence electrons. The fourth-order valence-corrected chi connectivity index (χ4v) is 7.28. The average Bonchev–Trinajstić information content (AvgIpc) is 3.60. The highest BCUT2D eigenvalue weighted by atomic mass is 35.5. The zero-order valence-electron chi connectivity index (χ0n) is 21.3. The molecule has 37 heavy (non-hydrogen) atoms. The van der Waals surface area contributed by atoms with E-state index in [0.717, 1.165) is 29.8 Å². The lowest BCUT2D eigenvalue weighted by Crippen LogP contribution is -2.40. The maximum absolute atomic E-state index is 12.9.